The first kappa shape index (κ1) is 19.4. The number of nitrogens with zero attached hydrogens (tertiary/aromatic N) is 4. The number of thioether (sulfide) groups is 1. The zero-order chi connectivity index (χ0) is 20.2. The fourth-order valence-corrected chi connectivity index (χ4v) is 3.94. The molecule has 1 aliphatic carbocycles. The van der Waals surface area contributed by atoms with E-state index < -0.39 is 0 Å². The molecule has 1 N–H and O–H groups in total. The fraction of sp³-hybridized carbons (Fsp3) is 0.333. The van der Waals surface area contributed by atoms with Gasteiger partial charge in [-0.25, -0.2) is 0 Å². The van der Waals surface area contributed by atoms with Crippen LogP contribution in [0.15, 0.2) is 53.7 Å². The van der Waals surface area contributed by atoms with Crippen molar-refractivity contribution in [2.45, 2.75) is 31.0 Å². The Morgan fingerprint density at radius 1 is 1.24 bits per heavy atom. The van der Waals surface area contributed by atoms with E-state index in [9.17, 15) is 4.79 Å². The van der Waals surface area contributed by atoms with Crippen LogP contribution in [0.1, 0.15) is 30.0 Å². The van der Waals surface area contributed by atoms with Crippen LogP contribution in [0.5, 0.6) is 5.75 Å². The van der Waals surface area contributed by atoms with Crippen LogP contribution in [-0.4, -0.2) is 39.0 Å². The molecule has 150 valence electrons. The Labute approximate surface area is 173 Å². The van der Waals surface area contributed by atoms with E-state index in [2.05, 4.69) is 52.0 Å². The van der Waals surface area contributed by atoms with E-state index >= 15 is 0 Å². The second-order valence-electron chi connectivity index (χ2n) is 7.13. The van der Waals surface area contributed by atoms with Crippen molar-refractivity contribution in [3.8, 4) is 11.4 Å². The first-order chi connectivity index (χ1) is 14.2. The van der Waals surface area contributed by atoms with E-state index in [4.69, 9.17) is 4.74 Å². The monoisotopic (exact) mass is 409 g/mol. The zero-order valence-electron chi connectivity index (χ0n) is 16.4. The maximum absolute atomic E-state index is 12.7. The number of hydrogen-bond donors (Lipinski definition) is 1. The van der Waals surface area contributed by atoms with Gasteiger partial charge in [-0.1, -0.05) is 53.7 Å². The molecule has 29 heavy (non-hydrogen) atoms. The van der Waals surface area contributed by atoms with Gasteiger partial charge in [0.15, 0.2) is 0 Å². The molecule has 3 aromatic rings. The Balaban J connectivity index is 1.42. The maximum Gasteiger partial charge on any atom is 0.230 e. The van der Waals surface area contributed by atoms with Crippen LogP contribution in [0, 0.1) is 12.8 Å². The van der Waals surface area contributed by atoms with E-state index in [-0.39, 0.29) is 17.7 Å². The molecule has 7 nitrogen and oxygen atoms in total. The van der Waals surface area contributed by atoms with Crippen molar-refractivity contribution in [2.24, 2.45) is 5.92 Å². The average molecular weight is 410 g/mol. The van der Waals surface area contributed by atoms with Gasteiger partial charge >= 0.3 is 0 Å². The summed E-state index contributed by atoms with van der Waals surface area (Å²) in [7, 11) is 1.60. The summed E-state index contributed by atoms with van der Waals surface area (Å²) in [6.45, 7) is 2.07. The number of aryl methyl sites for hydroxylation is 1. The highest BCUT2D eigenvalue weighted by Crippen LogP contribution is 2.41. The van der Waals surface area contributed by atoms with E-state index in [1.807, 2.05) is 24.3 Å². The third kappa shape index (κ3) is 4.59. The number of amides is 1. The Morgan fingerprint density at radius 3 is 2.72 bits per heavy atom. The molecule has 0 saturated heterocycles. The van der Waals surface area contributed by atoms with Crippen LogP contribution in [-0.2, 0) is 4.79 Å². The number of carbonyl (C=O) groups is 1. The molecule has 1 amide bonds. The third-order valence-electron chi connectivity index (χ3n) is 4.93. The molecule has 4 rings (SSSR count). The van der Waals surface area contributed by atoms with Crippen LogP contribution < -0.4 is 10.1 Å². The Kier molecular flexibility index (Phi) is 5.80. The van der Waals surface area contributed by atoms with Crippen molar-refractivity contribution < 1.29 is 9.53 Å². The van der Waals surface area contributed by atoms with Crippen LogP contribution in [0.2, 0.25) is 0 Å². The number of nitrogens with one attached hydrogen (secondary N) is 1. The summed E-state index contributed by atoms with van der Waals surface area (Å²) in [5, 5.41) is 15.6. The number of carbonyl (C=O) groups excluding carboxylic acids is 1. The van der Waals surface area contributed by atoms with Gasteiger partial charge in [0, 0.05) is 0 Å². The van der Waals surface area contributed by atoms with E-state index in [1.165, 1.54) is 17.3 Å². The molecule has 1 atom stereocenters. The van der Waals surface area contributed by atoms with E-state index in [1.54, 1.807) is 11.8 Å². The lowest BCUT2D eigenvalue weighted by molar-refractivity contribution is -0.119. The SMILES string of the molecule is COc1ccccc1-n1nnnc1SCC(=O)NC(c1ccc(C)cc1)C1CC1. The van der Waals surface area contributed by atoms with Crippen LogP contribution in [0.4, 0.5) is 0 Å². The molecule has 1 fully saturated rings. The summed E-state index contributed by atoms with van der Waals surface area (Å²) >= 11 is 1.31. The van der Waals surface area contributed by atoms with Gasteiger partial charge in [0.05, 0.1) is 18.9 Å². The summed E-state index contributed by atoms with van der Waals surface area (Å²) in [6, 6.07) is 16.0. The highest BCUT2D eigenvalue weighted by molar-refractivity contribution is 7.99. The topological polar surface area (TPSA) is 81.9 Å². The number of para-hydroxylation sites is 2. The van der Waals surface area contributed by atoms with Crippen LogP contribution >= 0.6 is 11.8 Å². The number of rotatable bonds is 8. The molecule has 0 spiro atoms. The Hall–Kier alpha value is -2.87. The largest absolute Gasteiger partial charge is 0.494 e. The lowest BCUT2D eigenvalue weighted by Crippen LogP contribution is -2.31. The second kappa shape index (κ2) is 8.65. The van der Waals surface area contributed by atoms with Crippen LogP contribution in [0.3, 0.4) is 0 Å². The summed E-state index contributed by atoms with van der Waals surface area (Å²) in [5.74, 6) is 1.40. The van der Waals surface area contributed by atoms with Gasteiger partial charge in [-0.2, -0.15) is 4.68 Å². The fourth-order valence-electron chi connectivity index (χ4n) is 3.25. The van der Waals surface area contributed by atoms with Crippen molar-refractivity contribution in [1.29, 1.82) is 0 Å². The van der Waals surface area contributed by atoms with E-state index in [0.717, 1.165) is 24.1 Å². The standard InChI is InChI=1S/C21H23N5O2S/c1-14-7-9-15(10-8-14)20(16-11-12-16)22-19(27)13-29-21-23-24-25-26(21)17-5-3-4-6-18(17)28-2/h3-10,16,20H,11-13H2,1-2H3,(H,22,27). The summed E-state index contributed by atoms with van der Waals surface area (Å²) in [4.78, 5) is 12.7. The van der Waals surface area contributed by atoms with Crippen molar-refractivity contribution in [3.63, 3.8) is 0 Å². The Bertz CT molecular complexity index is 985. The highest BCUT2D eigenvalue weighted by Gasteiger charge is 2.33. The molecular formula is C21H23N5O2S. The third-order valence-corrected chi connectivity index (χ3v) is 5.85. The minimum atomic E-state index is -0.0259. The average Bonchev–Trinajstić information content (AvgIpc) is 3.48. The zero-order valence-corrected chi connectivity index (χ0v) is 17.2. The van der Waals surface area contributed by atoms with Crippen LogP contribution in [0.25, 0.3) is 5.69 Å². The van der Waals surface area contributed by atoms with Crippen molar-refractivity contribution in [2.75, 3.05) is 12.9 Å². The Morgan fingerprint density at radius 2 is 2.00 bits per heavy atom. The summed E-state index contributed by atoms with van der Waals surface area (Å²) in [6.07, 6.45) is 2.30. The van der Waals surface area contributed by atoms with Gasteiger partial charge in [-0.15, -0.1) is 5.10 Å². The molecule has 2 aromatic carbocycles. The second-order valence-corrected chi connectivity index (χ2v) is 8.07. The number of tetrazole rings is 1. The normalized spacial score (nSPS) is 14.4. The molecule has 0 radical (unpaired) electrons. The first-order valence-corrected chi connectivity index (χ1v) is 10.5. The highest BCUT2D eigenvalue weighted by atomic mass is 32.2. The molecule has 0 aliphatic heterocycles. The molecule has 8 heteroatoms. The van der Waals surface area contributed by atoms with Gasteiger partial charge in [-0.05, 0) is 53.8 Å². The number of aromatic nitrogens is 4. The molecule has 1 saturated carbocycles. The first-order valence-electron chi connectivity index (χ1n) is 9.56. The quantitative estimate of drug-likeness (QED) is 0.575. The van der Waals surface area contributed by atoms with Crippen molar-refractivity contribution in [1.82, 2.24) is 25.5 Å². The number of methoxy groups -OCH3 is 1. The van der Waals surface area contributed by atoms with Crippen molar-refractivity contribution >= 4 is 17.7 Å². The molecular weight excluding hydrogens is 386 g/mol. The maximum atomic E-state index is 12.7. The lowest BCUT2D eigenvalue weighted by Gasteiger charge is -2.19. The number of hydrogen-bond acceptors (Lipinski definition) is 6. The molecule has 1 heterocycles. The molecule has 0 bridgehead atoms. The van der Waals surface area contributed by atoms with Gasteiger partial charge in [0.2, 0.25) is 11.1 Å². The smallest absolute Gasteiger partial charge is 0.230 e. The lowest BCUT2D eigenvalue weighted by atomic mass is 10.0. The minimum Gasteiger partial charge on any atom is -0.494 e. The minimum absolute atomic E-state index is 0.0259. The van der Waals surface area contributed by atoms with Gasteiger partial charge < -0.3 is 10.1 Å². The number of benzene rings is 2. The summed E-state index contributed by atoms with van der Waals surface area (Å²) < 4.78 is 6.98. The molecule has 1 unspecified atom stereocenters. The molecule has 1 aromatic heterocycles. The predicted octanol–water partition coefficient (Wildman–Crippen LogP) is 3.34. The summed E-state index contributed by atoms with van der Waals surface area (Å²) in [5.41, 5.74) is 3.11. The van der Waals surface area contributed by atoms with Crippen molar-refractivity contribution in [3.05, 3.63) is 59.7 Å². The predicted molar refractivity (Wildman–Crippen MR) is 111 cm³/mol. The van der Waals surface area contributed by atoms with Gasteiger partial charge in [0.25, 0.3) is 0 Å². The number of ether oxygens (including phenoxy) is 1. The van der Waals surface area contributed by atoms with Gasteiger partial charge in [0.1, 0.15) is 11.4 Å². The van der Waals surface area contributed by atoms with E-state index in [0.29, 0.717) is 16.8 Å². The molecule has 1 aliphatic rings. The van der Waals surface area contributed by atoms with Gasteiger partial charge in [-0.3, -0.25) is 4.79 Å².